The highest BCUT2D eigenvalue weighted by atomic mass is 16.5. The van der Waals surface area contributed by atoms with Gasteiger partial charge in [0.05, 0.1) is 19.3 Å². The van der Waals surface area contributed by atoms with Crippen molar-refractivity contribution >= 4 is 5.69 Å². The monoisotopic (exact) mass is 255 g/mol. The lowest BCUT2D eigenvalue weighted by atomic mass is 10.1. The van der Waals surface area contributed by atoms with Crippen LogP contribution in [0.15, 0.2) is 59.0 Å². The molecule has 0 aliphatic carbocycles. The van der Waals surface area contributed by atoms with Crippen molar-refractivity contribution in [3.05, 3.63) is 54.4 Å². The van der Waals surface area contributed by atoms with E-state index in [1.807, 2.05) is 24.3 Å². The van der Waals surface area contributed by atoms with Crippen LogP contribution in [0.2, 0.25) is 0 Å². The van der Waals surface area contributed by atoms with Gasteiger partial charge in [-0.1, -0.05) is 12.1 Å². The third kappa shape index (κ3) is 4.50. The first kappa shape index (κ1) is 13.2. The zero-order chi connectivity index (χ0) is 13.3. The van der Waals surface area contributed by atoms with E-state index in [0.29, 0.717) is 0 Å². The standard InChI is InChI=1S/C15H17N3O/c1-19-15-6-4-13(5-7-15)3-2-10-17-18-14-8-11-16-12-9-14/h4-9,11-12H,2-3,10H2,1H3. The molecule has 0 radical (unpaired) electrons. The van der Waals surface area contributed by atoms with Gasteiger partial charge in [-0.05, 0) is 42.7 Å². The maximum absolute atomic E-state index is 5.12. The average molecular weight is 255 g/mol. The van der Waals surface area contributed by atoms with Gasteiger partial charge in [-0.15, -0.1) is 0 Å². The molecule has 1 aromatic heterocycles. The quantitative estimate of drug-likeness (QED) is 0.582. The maximum Gasteiger partial charge on any atom is 0.118 e. The molecular formula is C15H17N3O. The smallest absolute Gasteiger partial charge is 0.118 e. The van der Waals surface area contributed by atoms with Gasteiger partial charge in [0.1, 0.15) is 5.75 Å². The first-order valence-corrected chi connectivity index (χ1v) is 6.29. The van der Waals surface area contributed by atoms with E-state index in [4.69, 9.17) is 4.74 Å². The van der Waals surface area contributed by atoms with Crippen molar-refractivity contribution in [1.82, 2.24) is 4.98 Å². The molecular weight excluding hydrogens is 238 g/mol. The van der Waals surface area contributed by atoms with E-state index in [1.165, 1.54) is 5.56 Å². The lowest BCUT2D eigenvalue weighted by Gasteiger charge is -2.02. The largest absolute Gasteiger partial charge is 0.497 e. The van der Waals surface area contributed by atoms with Crippen LogP contribution in [-0.2, 0) is 6.42 Å². The maximum atomic E-state index is 5.12. The number of rotatable bonds is 6. The van der Waals surface area contributed by atoms with Crippen LogP contribution >= 0.6 is 0 Å². The number of hydrogen-bond donors (Lipinski definition) is 0. The van der Waals surface area contributed by atoms with E-state index in [2.05, 4.69) is 27.3 Å². The number of benzene rings is 1. The lowest BCUT2D eigenvalue weighted by Crippen LogP contribution is -1.89. The van der Waals surface area contributed by atoms with Gasteiger partial charge in [-0.25, -0.2) is 0 Å². The highest BCUT2D eigenvalue weighted by molar-refractivity contribution is 5.32. The van der Waals surface area contributed by atoms with E-state index in [1.54, 1.807) is 19.5 Å². The molecule has 0 unspecified atom stereocenters. The first-order valence-electron chi connectivity index (χ1n) is 6.29. The van der Waals surface area contributed by atoms with Crippen molar-refractivity contribution in [2.75, 3.05) is 13.7 Å². The van der Waals surface area contributed by atoms with Gasteiger partial charge >= 0.3 is 0 Å². The molecule has 98 valence electrons. The number of hydrogen-bond acceptors (Lipinski definition) is 4. The van der Waals surface area contributed by atoms with Crippen molar-refractivity contribution in [3.63, 3.8) is 0 Å². The summed E-state index contributed by atoms with van der Waals surface area (Å²) in [7, 11) is 1.68. The number of methoxy groups -OCH3 is 1. The number of aryl methyl sites for hydroxylation is 1. The number of ether oxygens (including phenoxy) is 1. The summed E-state index contributed by atoms with van der Waals surface area (Å²) in [4.78, 5) is 3.93. The highest BCUT2D eigenvalue weighted by Gasteiger charge is 1.94. The minimum absolute atomic E-state index is 0.731. The second-order valence-corrected chi connectivity index (χ2v) is 4.12. The van der Waals surface area contributed by atoms with Gasteiger partial charge in [-0.3, -0.25) is 4.98 Å². The lowest BCUT2D eigenvalue weighted by molar-refractivity contribution is 0.414. The fourth-order valence-electron chi connectivity index (χ4n) is 1.69. The Morgan fingerprint density at radius 1 is 1.05 bits per heavy atom. The van der Waals surface area contributed by atoms with E-state index >= 15 is 0 Å². The summed E-state index contributed by atoms with van der Waals surface area (Å²) in [6.45, 7) is 0.731. The summed E-state index contributed by atoms with van der Waals surface area (Å²) in [5, 5.41) is 8.29. The molecule has 0 atom stereocenters. The fourth-order valence-corrected chi connectivity index (χ4v) is 1.69. The third-order valence-electron chi connectivity index (χ3n) is 2.73. The Morgan fingerprint density at radius 3 is 2.47 bits per heavy atom. The zero-order valence-corrected chi connectivity index (χ0v) is 11.0. The Balaban J connectivity index is 1.73. The Kier molecular flexibility index (Phi) is 5.05. The van der Waals surface area contributed by atoms with Crippen molar-refractivity contribution < 1.29 is 4.74 Å². The zero-order valence-electron chi connectivity index (χ0n) is 11.0. The van der Waals surface area contributed by atoms with Crippen LogP contribution in [0, 0.1) is 0 Å². The normalized spacial score (nSPS) is 10.8. The van der Waals surface area contributed by atoms with Gasteiger partial charge in [0.25, 0.3) is 0 Å². The second-order valence-electron chi connectivity index (χ2n) is 4.12. The molecule has 0 saturated carbocycles. The number of aromatic nitrogens is 1. The van der Waals surface area contributed by atoms with Gasteiger partial charge in [0.2, 0.25) is 0 Å². The van der Waals surface area contributed by atoms with Crippen molar-refractivity contribution in [2.24, 2.45) is 10.2 Å². The van der Waals surface area contributed by atoms with Crippen LogP contribution in [0.1, 0.15) is 12.0 Å². The van der Waals surface area contributed by atoms with Crippen LogP contribution in [0.25, 0.3) is 0 Å². The summed E-state index contributed by atoms with van der Waals surface area (Å²) in [6.07, 6.45) is 5.41. The summed E-state index contributed by atoms with van der Waals surface area (Å²) in [5.41, 5.74) is 2.14. The Bertz CT molecular complexity index is 509. The molecule has 0 aliphatic heterocycles. The van der Waals surface area contributed by atoms with Crippen molar-refractivity contribution in [2.45, 2.75) is 12.8 Å². The minimum Gasteiger partial charge on any atom is -0.497 e. The topological polar surface area (TPSA) is 46.8 Å². The van der Waals surface area contributed by atoms with Crippen LogP contribution in [0.4, 0.5) is 5.69 Å². The predicted molar refractivity (Wildman–Crippen MR) is 74.9 cm³/mol. The summed E-state index contributed by atoms with van der Waals surface area (Å²) in [5.74, 6) is 0.890. The highest BCUT2D eigenvalue weighted by Crippen LogP contribution is 2.13. The molecule has 2 rings (SSSR count). The number of nitrogens with zero attached hydrogens (tertiary/aromatic N) is 3. The molecule has 0 N–H and O–H groups in total. The molecule has 0 amide bonds. The Hall–Kier alpha value is -2.23. The fraction of sp³-hybridized carbons (Fsp3) is 0.267. The molecule has 1 aromatic carbocycles. The number of pyridine rings is 1. The molecule has 1 heterocycles. The molecule has 0 fully saturated rings. The summed E-state index contributed by atoms with van der Waals surface area (Å²) < 4.78 is 5.12. The van der Waals surface area contributed by atoms with Crippen LogP contribution in [-0.4, -0.2) is 18.6 Å². The van der Waals surface area contributed by atoms with E-state index in [0.717, 1.165) is 30.8 Å². The van der Waals surface area contributed by atoms with E-state index in [-0.39, 0.29) is 0 Å². The molecule has 0 aliphatic rings. The molecule has 0 spiro atoms. The van der Waals surface area contributed by atoms with Crippen LogP contribution < -0.4 is 4.74 Å². The molecule has 4 nitrogen and oxygen atoms in total. The third-order valence-corrected chi connectivity index (χ3v) is 2.73. The predicted octanol–water partition coefficient (Wildman–Crippen LogP) is 3.81. The first-order chi connectivity index (χ1) is 9.38. The molecule has 0 bridgehead atoms. The average Bonchev–Trinajstić information content (AvgIpc) is 2.49. The van der Waals surface area contributed by atoms with E-state index < -0.39 is 0 Å². The molecule has 19 heavy (non-hydrogen) atoms. The van der Waals surface area contributed by atoms with Gasteiger partial charge < -0.3 is 4.74 Å². The van der Waals surface area contributed by atoms with Gasteiger partial charge in [0, 0.05) is 12.4 Å². The Labute approximate surface area is 113 Å². The van der Waals surface area contributed by atoms with Crippen LogP contribution in [0.3, 0.4) is 0 Å². The van der Waals surface area contributed by atoms with Crippen LogP contribution in [0.5, 0.6) is 5.75 Å². The molecule has 4 heteroatoms. The summed E-state index contributed by atoms with van der Waals surface area (Å²) >= 11 is 0. The Morgan fingerprint density at radius 2 is 1.79 bits per heavy atom. The van der Waals surface area contributed by atoms with Crippen molar-refractivity contribution in [1.29, 1.82) is 0 Å². The molecule has 2 aromatic rings. The van der Waals surface area contributed by atoms with Crippen molar-refractivity contribution in [3.8, 4) is 5.75 Å². The van der Waals surface area contributed by atoms with E-state index in [9.17, 15) is 0 Å². The van der Waals surface area contributed by atoms with Gasteiger partial charge in [-0.2, -0.15) is 10.2 Å². The second kappa shape index (κ2) is 7.26. The molecule has 0 saturated heterocycles. The minimum atomic E-state index is 0.731. The van der Waals surface area contributed by atoms with Gasteiger partial charge in [0.15, 0.2) is 0 Å². The summed E-state index contributed by atoms with van der Waals surface area (Å²) in [6, 6.07) is 11.8. The SMILES string of the molecule is COc1ccc(CCCN=Nc2ccncc2)cc1. The number of azo groups is 1.